The monoisotopic (exact) mass is 474 g/mol. The number of nitrogens with one attached hydrogen (secondary N) is 2. The van der Waals surface area contributed by atoms with Gasteiger partial charge in [0.25, 0.3) is 5.56 Å². The van der Waals surface area contributed by atoms with Gasteiger partial charge in [0.15, 0.2) is 5.65 Å². The van der Waals surface area contributed by atoms with E-state index in [0.717, 1.165) is 37.5 Å². The quantitative estimate of drug-likeness (QED) is 0.419. The average Bonchev–Trinajstić information content (AvgIpc) is 3.38. The Labute approximate surface area is 199 Å². The van der Waals surface area contributed by atoms with Crippen LogP contribution >= 0.6 is 0 Å². The van der Waals surface area contributed by atoms with Crippen LogP contribution < -0.4 is 16.2 Å². The maximum atomic E-state index is 13.7. The minimum atomic E-state index is -0.733. The molecule has 4 N–H and O–H groups in total. The van der Waals surface area contributed by atoms with Gasteiger partial charge in [-0.1, -0.05) is 30.8 Å². The zero-order valence-corrected chi connectivity index (χ0v) is 18.9. The van der Waals surface area contributed by atoms with Gasteiger partial charge in [0.2, 0.25) is 5.95 Å². The molecular weight excluding hydrogens is 450 g/mol. The van der Waals surface area contributed by atoms with Gasteiger partial charge in [-0.15, -0.1) is 0 Å². The third-order valence-corrected chi connectivity index (χ3v) is 7.57. The first-order valence-electron chi connectivity index (χ1n) is 11.6. The molecule has 0 bridgehead atoms. The Balaban J connectivity index is 1.26. The molecule has 1 aliphatic heterocycles. The van der Waals surface area contributed by atoms with Gasteiger partial charge in [-0.3, -0.25) is 14.9 Å². The van der Waals surface area contributed by atoms with Crippen molar-refractivity contribution in [1.82, 2.24) is 20.2 Å². The van der Waals surface area contributed by atoms with Crippen LogP contribution in [0.3, 0.4) is 0 Å². The van der Waals surface area contributed by atoms with Gasteiger partial charge in [-0.25, -0.2) is 8.78 Å². The number of aromatic amines is 2. The smallest absolute Gasteiger partial charge is 0.264 e. The molecule has 7 nitrogen and oxygen atoms in total. The zero-order valence-electron chi connectivity index (χ0n) is 18.9. The number of fused-ring (bicyclic) bond motifs is 2. The molecular formula is C26H24F2N6O. The summed E-state index contributed by atoms with van der Waals surface area (Å²) in [6.45, 7) is 5.33. The number of rotatable bonds is 3. The minimum absolute atomic E-state index is 0.00387. The summed E-state index contributed by atoms with van der Waals surface area (Å²) in [5, 5.41) is 7.16. The molecule has 178 valence electrons. The number of H-pyrrole nitrogens is 2. The lowest BCUT2D eigenvalue weighted by Gasteiger charge is -2.42. The summed E-state index contributed by atoms with van der Waals surface area (Å²) in [6.07, 6.45) is 2.75. The van der Waals surface area contributed by atoms with Crippen molar-refractivity contribution in [2.75, 3.05) is 18.0 Å². The number of benzene rings is 2. The van der Waals surface area contributed by atoms with E-state index in [4.69, 9.17) is 5.73 Å². The molecule has 0 amide bonds. The highest BCUT2D eigenvalue weighted by Gasteiger charge is 2.46. The molecule has 0 radical (unpaired) electrons. The second-order valence-electron chi connectivity index (χ2n) is 9.52. The van der Waals surface area contributed by atoms with E-state index in [2.05, 4.69) is 49.8 Å². The lowest BCUT2D eigenvalue weighted by atomic mass is 9.73. The highest BCUT2D eigenvalue weighted by molar-refractivity contribution is 5.92. The van der Waals surface area contributed by atoms with Crippen molar-refractivity contribution in [2.45, 2.75) is 25.3 Å². The second-order valence-corrected chi connectivity index (χ2v) is 9.52. The topological polar surface area (TPSA) is 104 Å². The van der Waals surface area contributed by atoms with E-state index in [-0.39, 0.29) is 33.7 Å². The van der Waals surface area contributed by atoms with Gasteiger partial charge in [-0.05, 0) is 53.5 Å². The first kappa shape index (κ1) is 21.7. The molecule has 1 spiro atoms. The Morgan fingerprint density at radius 3 is 2.57 bits per heavy atom. The number of hydrogen-bond acceptors (Lipinski definition) is 5. The van der Waals surface area contributed by atoms with Gasteiger partial charge in [0.1, 0.15) is 22.7 Å². The maximum Gasteiger partial charge on any atom is 0.264 e. The first-order chi connectivity index (χ1) is 16.8. The fourth-order valence-corrected chi connectivity index (χ4v) is 5.63. The Bertz CT molecular complexity index is 1510. The van der Waals surface area contributed by atoms with Gasteiger partial charge in [0.05, 0.1) is 0 Å². The summed E-state index contributed by atoms with van der Waals surface area (Å²) in [4.78, 5) is 22.6. The van der Waals surface area contributed by atoms with Gasteiger partial charge in [0, 0.05) is 30.8 Å². The van der Waals surface area contributed by atoms with Crippen molar-refractivity contribution in [2.24, 2.45) is 11.1 Å². The third kappa shape index (κ3) is 3.46. The molecule has 2 aromatic heterocycles. The van der Waals surface area contributed by atoms with E-state index in [0.29, 0.717) is 24.7 Å². The Morgan fingerprint density at radius 2 is 1.86 bits per heavy atom. The van der Waals surface area contributed by atoms with Crippen LogP contribution in [0.25, 0.3) is 16.6 Å². The zero-order chi connectivity index (χ0) is 24.3. The first-order valence-corrected chi connectivity index (χ1v) is 11.6. The number of nitrogens with zero attached hydrogens (tertiary/aromatic N) is 3. The molecule has 1 saturated heterocycles. The van der Waals surface area contributed by atoms with E-state index >= 15 is 0 Å². The molecule has 9 heteroatoms. The molecule has 1 atom stereocenters. The van der Waals surface area contributed by atoms with E-state index < -0.39 is 17.2 Å². The van der Waals surface area contributed by atoms with Gasteiger partial charge in [-0.2, -0.15) is 10.1 Å². The molecule has 3 heterocycles. The largest absolute Gasteiger partial charge is 0.342 e. The fraction of sp³-hybridized carbons (Fsp3) is 0.269. The number of hydrogen-bond donors (Lipinski definition) is 3. The van der Waals surface area contributed by atoms with Crippen LogP contribution in [0, 0.1) is 17.0 Å². The Kier molecular flexibility index (Phi) is 4.86. The number of aromatic nitrogens is 4. The second kappa shape index (κ2) is 7.84. The van der Waals surface area contributed by atoms with E-state index in [1.54, 1.807) is 0 Å². The van der Waals surface area contributed by atoms with E-state index in [9.17, 15) is 13.6 Å². The number of halogens is 2. The van der Waals surface area contributed by atoms with Crippen molar-refractivity contribution in [3.05, 3.63) is 93.4 Å². The number of piperidine rings is 1. The highest BCUT2D eigenvalue weighted by Crippen LogP contribution is 2.50. The van der Waals surface area contributed by atoms with Crippen LogP contribution in [0.15, 0.2) is 53.8 Å². The van der Waals surface area contributed by atoms with Crippen LogP contribution in [0.2, 0.25) is 0 Å². The maximum absolute atomic E-state index is 13.7. The summed E-state index contributed by atoms with van der Waals surface area (Å²) in [5.41, 5.74) is 9.79. The Morgan fingerprint density at radius 1 is 1.14 bits per heavy atom. The molecule has 1 aliphatic carbocycles. The predicted molar refractivity (Wildman–Crippen MR) is 130 cm³/mol. The van der Waals surface area contributed by atoms with Crippen LogP contribution in [0.4, 0.5) is 14.7 Å². The highest BCUT2D eigenvalue weighted by atomic mass is 19.1. The summed E-state index contributed by atoms with van der Waals surface area (Å²) < 4.78 is 27.4. The lowest BCUT2D eigenvalue weighted by Crippen LogP contribution is -2.45. The molecule has 1 fully saturated rings. The van der Waals surface area contributed by atoms with Gasteiger partial charge >= 0.3 is 0 Å². The molecule has 2 aliphatic rings. The van der Waals surface area contributed by atoms with E-state index in [1.165, 1.54) is 11.1 Å². The van der Waals surface area contributed by atoms with Crippen LogP contribution in [0.1, 0.15) is 41.3 Å². The number of nitrogens with two attached hydrogens (primary N) is 1. The predicted octanol–water partition coefficient (Wildman–Crippen LogP) is 3.83. The average molecular weight is 475 g/mol. The standard InChI is InChI=1S/C26H24F2N6O/c1-14(16-10-17(27)12-18(28)11-16)21-20-23(33-32-21)30-25(31-24(20)35)34-8-6-26(7-9-34)13-15-4-2-3-5-19(15)22(26)29/h2-5,10-12,22H,1,6-9,13,29H2,(H2,30,31,32,33,35)/t22-/m1/s1. The van der Waals surface area contributed by atoms with E-state index in [1.807, 2.05) is 6.07 Å². The van der Waals surface area contributed by atoms with Crippen LogP contribution in [-0.2, 0) is 6.42 Å². The van der Waals surface area contributed by atoms with Crippen molar-refractivity contribution in [1.29, 1.82) is 0 Å². The number of anilines is 1. The van der Waals surface area contributed by atoms with Crippen molar-refractivity contribution < 1.29 is 8.78 Å². The summed E-state index contributed by atoms with van der Waals surface area (Å²) in [5.74, 6) is -1.01. The van der Waals surface area contributed by atoms with Crippen LogP contribution in [0.5, 0.6) is 0 Å². The van der Waals surface area contributed by atoms with Crippen molar-refractivity contribution in [3.8, 4) is 0 Å². The summed E-state index contributed by atoms with van der Waals surface area (Å²) in [6, 6.07) is 11.5. The molecule has 35 heavy (non-hydrogen) atoms. The van der Waals surface area contributed by atoms with Crippen molar-refractivity contribution >= 4 is 22.6 Å². The summed E-state index contributed by atoms with van der Waals surface area (Å²) >= 11 is 0. The third-order valence-electron chi connectivity index (χ3n) is 7.57. The normalized spacial score (nSPS) is 18.8. The Hall–Kier alpha value is -3.85. The minimum Gasteiger partial charge on any atom is -0.342 e. The molecule has 2 aromatic carbocycles. The summed E-state index contributed by atoms with van der Waals surface area (Å²) in [7, 11) is 0. The molecule has 6 rings (SSSR count). The lowest BCUT2D eigenvalue weighted by molar-refractivity contribution is 0.187. The molecule has 0 saturated carbocycles. The van der Waals surface area contributed by atoms with Gasteiger partial charge < -0.3 is 10.6 Å². The fourth-order valence-electron chi connectivity index (χ4n) is 5.63. The molecule has 4 aromatic rings. The van der Waals surface area contributed by atoms with Crippen molar-refractivity contribution in [3.63, 3.8) is 0 Å². The van der Waals surface area contributed by atoms with Crippen LogP contribution in [-0.4, -0.2) is 33.3 Å². The SMILES string of the molecule is C=C(c1cc(F)cc(F)c1)c1n[nH]c2nc(N3CCC4(CC3)Cc3ccccc3[C@H]4N)[nH]c(=O)c12. The molecule has 0 unspecified atom stereocenters.